The summed E-state index contributed by atoms with van der Waals surface area (Å²) in [6.45, 7) is 0. The molecule has 0 aliphatic heterocycles. The molecule has 0 unspecified atom stereocenters. The normalized spacial score (nSPS) is 11.2. The van der Waals surface area contributed by atoms with Crippen molar-refractivity contribution in [2.75, 3.05) is 23.4 Å². The molecule has 0 aliphatic carbocycles. The highest BCUT2D eigenvalue weighted by Crippen LogP contribution is 2.32. The third-order valence-electron chi connectivity index (χ3n) is 4.00. The molecule has 0 radical (unpaired) electrons. The van der Waals surface area contributed by atoms with Crippen molar-refractivity contribution in [2.24, 2.45) is 0 Å². The summed E-state index contributed by atoms with van der Waals surface area (Å²) in [5.74, 6) is 0. The Labute approximate surface area is 147 Å². The van der Waals surface area contributed by atoms with E-state index in [9.17, 15) is 8.42 Å². The second-order valence-corrected chi connectivity index (χ2v) is 7.64. The van der Waals surface area contributed by atoms with E-state index in [4.69, 9.17) is 11.5 Å². The number of hydrogen-bond acceptors (Lipinski definition) is 5. The van der Waals surface area contributed by atoms with Crippen LogP contribution in [0.15, 0.2) is 82.6 Å². The average Bonchev–Trinajstić information content (AvgIpc) is 2.62. The van der Waals surface area contributed by atoms with Crippen LogP contribution < -0.4 is 16.4 Å². The fourth-order valence-electron chi connectivity index (χ4n) is 2.58. The van der Waals surface area contributed by atoms with Gasteiger partial charge in [-0.1, -0.05) is 18.2 Å². The zero-order valence-electron chi connectivity index (χ0n) is 13.8. The highest BCUT2D eigenvalue weighted by atomic mass is 32.2. The van der Waals surface area contributed by atoms with Gasteiger partial charge in [0.1, 0.15) is 0 Å². The molecule has 6 heteroatoms. The lowest BCUT2D eigenvalue weighted by Gasteiger charge is -2.21. The third-order valence-corrected chi connectivity index (χ3v) is 5.77. The molecule has 0 fully saturated rings. The van der Waals surface area contributed by atoms with Crippen LogP contribution in [0.4, 0.5) is 22.7 Å². The van der Waals surface area contributed by atoms with Gasteiger partial charge in [-0.05, 0) is 54.6 Å². The van der Waals surface area contributed by atoms with Crippen LogP contribution in [0, 0.1) is 0 Å². The number of anilines is 4. The first-order valence-corrected chi connectivity index (χ1v) is 9.17. The molecule has 3 aromatic carbocycles. The minimum Gasteiger partial charge on any atom is -0.399 e. The van der Waals surface area contributed by atoms with E-state index in [0.717, 1.165) is 11.4 Å². The van der Waals surface area contributed by atoms with Gasteiger partial charge in [0.2, 0.25) is 9.84 Å². The molecule has 25 heavy (non-hydrogen) atoms. The van der Waals surface area contributed by atoms with Crippen LogP contribution in [-0.2, 0) is 9.84 Å². The molecule has 3 aromatic rings. The Morgan fingerprint density at radius 3 is 2.00 bits per heavy atom. The van der Waals surface area contributed by atoms with Crippen LogP contribution in [0.5, 0.6) is 0 Å². The van der Waals surface area contributed by atoms with Crippen molar-refractivity contribution in [3.63, 3.8) is 0 Å². The molecule has 0 saturated heterocycles. The second kappa shape index (κ2) is 6.49. The Hall–Kier alpha value is -2.99. The summed E-state index contributed by atoms with van der Waals surface area (Å²) in [6.07, 6.45) is 0. The second-order valence-electron chi connectivity index (χ2n) is 5.69. The largest absolute Gasteiger partial charge is 0.399 e. The lowest BCUT2D eigenvalue weighted by molar-refractivity contribution is 0.596. The summed E-state index contributed by atoms with van der Waals surface area (Å²) in [7, 11) is -1.76. The molecule has 3 rings (SSSR count). The highest BCUT2D eigenvalue weighted by molar-refractivity contribution is 7.91. The molecule has 0 saturated carbocycles. The van der Waals surface area contributed by atoms with Crippen molar-refractivity contribution >= 4 is 32.6 Å². The number of nitrogen functional groups attached to an aromatic ring is 2. The summed E-state index contributed by atoms with van der Waals surface area (Å²) in [5.41, 5.74) is 14.4. The van der Waals surface area contributed by atoms with E-state index < -0.39 is 9.84 Å². The lowest BCUT2D eigenvalue weighted by Crippen LogP contribution is -2.12. The maximum absolute atomic E-state index is 12.7. The van der Waals surface area contributed by atoms with Crippen LogP contribution in [0.3, 0.4) is 0 Å². The van der Waals surface area contributed by atoms with Gasteiger partial charge < -0.3 is 16.4 Å². The number of nitrogens with two attached hydrogens (primary N) is 2. The Bertz CT molecular complexity index is 985. The Morgan fingerprint density at radius 1 is 0.800 bits per heavy atom. The fraction of sp³-hybridized carbons (Fsp3) is 0.0526. The van der Waals surface area contributed by atoms with Gasteiger partial charge in [-0.25, -0.2) is 8.42 Å². The highest BCUT2D eigenvalue weighted by Gasteiger charge is 2.19. The van der Waals surface area contributed by atoms with Crippen molar-refractivity contribution in [1.82, 2.24) is 0 Å². The molecule has 128 valence electrons. The molecule has 0 aliphatic rings. The summed E-state index contributed by atoms with van der Waals surface area (Å²) >= 11 is 0. The Balaban J connectivity index is 1.98. The number of rotatable bonds is 4. The van der Waals surface area contributed by atoms with E-state index in [0.29, 0.717) is 11.4 Å². The van der Waals surface area contributed by atoms with E-state index in [1.807, 2.05) is 42.3 Å². The van der Waals surface area contributed by atoms with Crippen LogP contribution in [-0.4, -0.2) is 15.5 Å². The summed E-state index contributed by atoms with van der Waals surface area (Å²) in [6, 6.07) is 20.6. The maximum Gasteiger partial charge on any atom is 0.206 e. The zero-order chi connectivity index (χ0) is 18.0. The first-order valence-electron chi connectivity index (χ1n) is 7.68. The van der Waals surface area contributed by atoms with Crippen LogP contribution in [0.1, 0.15) is 0 Å². The first-order chi connectivity index (χ1) is 11.9. The summed E-state index contributed by atoms with van der Waals surface area (Å²) in [4.78, 5) is 2.25. The monoisotopic (exact) mass is 353 g/mol. The number of hydrogen-bond donors (Lipinski definition) is 2. The van der Waals surface area contributed by atoms with Crippen LogP contribution in [0.2, 0.25) is 0 Å². The molecule has 0 spiro atoms. The molecule has 4 N–H and O–H groups in total. The predicted octanol–water partition coefficient (Wildman–Crippen LogP) is 3.45. The van der Waals surface area contributed by atoms with Gasteiger partial charge in [0.15, 0.2) is 0 Å². The minimum atomic E-state index is -3.64. The lowest BCUT2D eigenvalue weighted by atomic mass is 10.2. The number of nitrogens with zero attached hydrogens (tertiary/aromatic N) is 1. The van der Waals surface area contributed by atoms with Crippen LogP contribution in [0.25, 0.3) is 0 Å². The number of para-hydroxylation sites is 1. The van der Waals surface area contributed by atoms with Crippen molar-refractivity contribution in [3.8, 4) is 0 Å². The summed E-state index contributed by atoms with van der Waals surface area (Å²) < 4.78 is 25.5. The average molecular weight is 353 g/mol. The van der Waals surface area contributed by atoms with Gasteiger partial charge in [0.25, 0.3) is 0 Å². The zero-order valence-corrected chi connectivity index (χ0v) is 14.6. The van der Waals surface area contributed by atoms with Crippen molar-refractivity contribution in [3.05, 3.63) is 72.8 Å². The molecule has 0 amide bonds. The van der Waals surface area contributed by atoms with Gasteiger partial charge in [-0.2, -0.15) is 0 Å². The number of sulfone groups is 1. The van der Waals surface area contributed by atoms with Crippen molar-refractivity contribution in [2.45, 2.75) is 9.79 Å². The van der Waals surface area contributed by atoms with E-state index in [1.54, 1.807) is 24.3 Å². The molecular weight excluding hydrogens is 334 g/mol. The van der Waals surface area contributed by atoms with Gasteiger partial charge in [-0.15, -0.1) is 0 Å². The molecule has 0 bridgehead atoms. The van der Waals surface area contributed by atoms with Crippen molar-refractivity contribution in [1.29, 1.82) is 0 Å². The minimum absolute atomic E-state index is 0.153. The quantitative estimate of drug-likeness (QED) is 0.701. The maximum atomic E-state index is 12.7. The molecular formula is C19H19N3O2S. The standard InChI is InChI=1S/C19H19N3O2S/c1-22(15-5-3-2-4-6-15)19-12-11-17(13-18(19)21)25(23,24)16-9-7-14(20)8-10-16/h2-13H,20-21H2,1H3. The topological polar surface area (TPSA) is 89.4 Å². The van der Waals surface area contributed by atoms with Gasteiger partial charge >= 0.3 is 0 Å². The van der Waals surface area contributed by atoms with Gasteiger partial charge in [-0.3, -0.25) is 0 Å². The third kappa shape index (κ3) is 3.29. The molecule has 0 atom stereocenters. The van der Waals surface area contributed by atoms with Gasteiger partial charge in [0.05, 0.1) is 21.2 Å². The van der Waals surface area contributed by atoms with Gasteiger partial charge in [0, 0.05) is 18.4 Å². The molecule has 0 aromatic heterocycles. The van der Waals surface area contributed by atoms with Crippen molar-refractivity contribution < 1.29 is 8.42 Å². The number of benzene rings is 3. The Morgan fingerprint density at radius 2 is 1.40 bits per heavy atom. The SMILES string of the molecule is CN(c1ccccc1)c1ccc(S(=O)(=O)c2ccc(N)cc2)cc1N. The summed E-state index contributed by atoms with van der Waals surface area (Å²) in [5, 5.41) is 0. The van der Waals surface area contributed by atoms with E-state index in [-0.39, 0.29) is 9.79 Å². The Kier molecular flexibility index (Phi) is 4.37. The first kappa shape index (κ1) is 16.9. The molecule has 5 nitrogen and oxygen atoms in total. The smallest absolute Gasteiger partial charge is 0.206 e. The molecule has 0 heterocycles. The van der Waals surface area contributed by atoms with Crippen LogP contribution >= 0.6 is 0 Å². The van der Waals surface area contributed by atoms with E-state index in [1.165, 1.54) is 18.2 Å². The fourth-order valence-corrected chi connectivity index (χ4v) is 3.87. The predicted molar refractivity (Wildman–Crippen MR) is 102 cm³/mol. The van der Waals surface area contributed by atoms with E-state index in [2.05, 4.69) is 0 Å². The van der Waals surface area contributed by atoms with E-state index >= 15 is 0 Å².